The number of hydrogen-bond donors (Lipinski definition) is 1. The molecule has 0 unspecified atom stereocenters. The van der Waals surface area contributed by atoms with Crippen LogP contribution in [0.15, 0.2) is 17.3 Å². The van der Waals surface area contributed by atoms with E-state index in [1.165, 1.54) is 4.88 Å². The van der Waals surface area contributed by atoms with Crippen molar-refractivity contribution in [3.05, 3.63) is 27.2 Å². The first-order valence-electron chi connectivity index (χ1n) is 5.23. The largest absolute Gasteiger partial charge is 0.324 e. The van der Waals surface area contributed by atoms with E-state index in [-0.39, 0.29) is 0 Å². The van der Waals surface area contributed by atoms with E-state index in [1.807, 2.05) is 16.7 Å². The van der Waals surface area contributed by atoms with Crippen molar-refractivity contribution in [2.24, 2.45) is 5.73 Å². The first-order chi connectivity index (χ1) is 8.24. The Morgan fingerprint density at radius 2 is 2.29 bits per heavy atom. The number of rotatable bonds is 5. The van der Waals surface area contributed by atoms with Crippen molar-refractivity contribution in [2.75, 3.05) is 0 Å². The predicted molar refractivity (Wildman–Crippen MR) is 72.5 cm³/mol. The number of halogens is 1. The quantitative estimate of drug-likeness (QED) is 0.860. The van der Waals surface area contributed by atoms with E-state index < -0.39 is 0 Å². The van der Waals surface area contributed by atoms with Gasteiger partial charge in [-0.1, -0.05) is 23.4 Å². The van der Waals surface area contributed by atoms with Gasteiger partial charge in [-0.3, -0.25) is 0 Å². The van der Waals surface area contributed by atoms with E-state index in [2.05, 4.69) is 17.1 Å². The fourth-order valence-corrected chi connectivity index (χ4v) is 3.61. The number of nitrogens with two attached hydrogens (primary N) is 1. The molecule has 92 valence electrons. The molecule has 0 aromatic carbocycles. The summed E-state index contributed by atoms with van der Waals surface area (Å²) >= 11 is 9.14. The molecule has 2 aromatic rings. The van der Waals surface area contributed by atoms with Crippen molar-refractivity contribution >= 4 is 34.7 Å². The Hall–Kier alpha value is -0.560. The highest BCUT2D eigenvalue weighted by atomic mass is 35.5. The Morgan fingerprint density at radius 1 is 1.47 bits per heavy atom. The molecule has 7 heteroatoms. The van der Waals surface area contributed by atoms with Crippen LogP contribution in [0.5, 0.6) is 0 Å². The zero-order valence-electron chi connectivity index (χ0n) is 9.39. The average Bonchev–Trinajstić information content (AvgIpc) is 2.91. The lowest BCUT2D eigenvalue weighted by molar-refractivity contribution is 0.643. The predicted octanol–water partition coefficient (Wildman–Crippen LogP) is 2.76. The smallest absolute Gasteiger partial charge is 0.191 e. The van der Waals surface area contributed by atoms with Crippen LogP contribution in [0.1, 0.15) is 17.6 Å². The Morgan fingerprint density at radius 3 is 2.88 bits per heavy atom. The second-order valence-electron chi connectivity index (χ2n) is 3.34. The van der Waals surface area contributed by atoms with Crippen molar-refractivity contribution in [3.8, 4) is 0 Å². The van der Waals surface area contributed by atoms with Gasteiger partial charge in [-0.15, -0.1) is 21.5 Å². The fourth-order valence-electron chi connectivity index (χ4n) is 1.46. The Balaban J connectivity index is 2.06. The van der Waals surface area contributed by atoms with Gasteiger partial charge in [0.1, 0.15) is 5.82 Å². The number of nitrogens with zero attached hydrogens (tertiary/aromatic N) is 3. The Labute approximate surface area is 113 Å². The number of aromatic nitrogens is 3. The molecule has 0 saturated carbocycles. The lowest BCUT2D eigenvalue weighted by Crippen LogP contribution is -2.07. The van der Waals surface area contributed by atoms with Crippen LogP contribution < -0.4 is 5.73 Å². The molecule has 2 rings (SSSR count). The molecule has 4 nitrogen and oxygen atoms in total. The second-order valence-corrected chi connectivity index (χ2v) is 6.08. The molecule has 17 heavy (non-hydrogen) atoms. The molecule has 0 aliphatic heterocycles. The van der Waals surface area contributed by atoms with E-state index in [4.69, 9.17) is 17.3 Å². The van der Waals surface area contributed by atoms with Crippen molar-refractivity contribution in [1.29, 1.82) is 0 Å². The summed E-state index contributed by atoms with van der Waals surface area (Å²) in [5.41, 5.74) is 5.60. The summed E-state index contributed by atoms with van der Waals surface area (Å²) in [6, 6.07) is 3.95. The minimum Gasteiger partial charge on any atom is -0.324 e. The molecule has 0 radical (unpaired) electrons. The van der Waals surface area contributed by atoms with Crippen LogP contribution in [-0.2, 0) is 18.8 Å². The zero-order valence-corrected chi connectivity index (χ0v) is 11.8. The maximum atomic E-state index is 5.89. The molecule has 0 aliphatic carbocycles. The van der Waals surface area contributed by atoms with E-state index >= 15 is 0 Å². The highest BCUT2D eigenvalue weighted by molar-refractivity contribution is 7.98. The third-order valence-corrected chi connectivity index (χ3v) is 4.69. The summed E-state index contributed by atoms with van der Waals surface area (Å²) in [7, 11) is 0. The van der Waals surface area contributed by atoms with Gasteiger partial charge < -0.3 is 10.3 Å². The average molecular weight is 289 g/mol. The van der Waals surface area contributed by atoms with E-state index in [9.17, 15) is 0 Å². The SMILES string of the molecule is CCn1c(CN)nnc1SCc1ccc(Cl)s1. The third-order valence-electron chi connectivity index (χ3n) is 2.26. The van der Waals surface area contributed by atoms with Gasteiger partial charge in [0.25, 0.3) is 0 Å². The number of thioether (sulfide) groups is 1. The van der Waals surface area contributed by atoms with Crippen LogP contribution in [-0.4, -0.2) is 14.8 Å². The van der Waals surface area contributed by atoms with Crippen LogP contribution in [0.4, 0.5) is 0 Å². The summed E-state index contributed by atoms with van der Waals surface area (Å²) in [6.45, 7) is 3.33. The van der Waals surface area contributed by atoms with Crippen LogP contribution >= 0.6 is 34.7 Å². The van der Waals surface area contributed by atoms with Crippen LogP contribution in [0.3, 0.4) is 0 Å². The van der Waals surface area contributed by atoms with Gasteiger partial charge in [-0.25, -0.2) is 0 Å². The van der Waals surface area contributed by atoms with Gasteiger partial charge in [-0.05, 0) is 19.1 Å². The first kappa shape index (κ1) is 12.9. The van der Waals surface area contributed by atoms with Gasteiger partial charge in [0.15, 0.2) is 5.16 Å². The number of thiophene rings is 1. The maximum absolute atomic E-state index is 5.89. The molecule has 2 N–H and O–H groups in total. The summed E-state index contributed by atoms with van der Waals surface area (Å²) in [6.07, 6.45) is 0. The summed E-state index contributed by atoms with van der Waals surface area (Å²) < 4.78 is 2.86. The Kier molecular flexibility index (Phi) is 4.44. The maximum Gasteiger partial charge on any atom is 0.191 e. The zero-order chi connectivity index (χ0) is 12.3. The van der Waals surface area contributed by atoms with Gasteiger partial charge in [0.2, 0.25) is 0 Å². The van der Waals surface area contributed by atoms with E-state index in [0.29, 0.717) is 6.54 Å². The van der Waals surface area contributed by atoms with Crippen molar-refractivity contribution in [2.45, 2.75) is 30.9 Å². The minimum atomic E-state index is 0.423. The van der Waals surface area contributed by atoms with Crippen LogP contribution in [0.2, 0.25) is 4.34 Å². The molecular formula is C10H13ClN4S2. The van der Waals surface area contributed by atoms with Crippen molar-refractivity contribution in [1.82, 2.24) is 14.8 Å². The Bertz CT molecular complexity index is 494. The summed E-state index contributed by atoms with van der Waals surface area (Å²) in [5.74, 6) is 1.69. The molecule has 0 amide bonds. The standard InChI is InChI=1S/C10H13ClN4S2/c1-2-15-9(5-12)13-14-10(15)16-6-7-3-4-8(11)17-7/h3-4H,2,5-6,12H2,1H3. The molecule has 2 aromatic heterocycles. The van der Waals surface area contributed by atoms with E-state index in [0.717, 1.165) is 27.6 Å². The molecule has 0 atom stereocenters. The van der Waals surface area contributed by atoms with Gasteiger partial charge in [0.05, 0.1) is 10.9 Å². The normalized spacial score (nSPS) is 11.0. The molecular weight excluding hydrogens is 276 g/mol. The lowest BCUT2D eigenvalue weighted by atomic mass is 10.5. The molecule has 0 saturated heterocycles. The minimum absolute atomic E-state index is 0.423. The molecule has 0 bridgehead atoms. The topological polar surface area (TPSA) is 56.7 Å². The van der Waals surface area contributed by atoms with Gasteiger partial charge in [-0.2, -0.15) is 0 Å². The first-order valence-corrected chi connectivity index (χ1v) is 7.41. The highest BCUT2D eigenvalue weighted by Crippen LogP contribution is 2.28. The lowest BCUT2D eigenvalue weighted by Gasteiger charge is -2.04. The highest BCUT2D eigenvalue weighted by Gasteiger charge is 2.10. The van der Waals surface area contributed by atoms with Crippen LogP contribution in [0.25, 0.3) is 0 Å². The third kappa shape index (κ3) is 3.01. The molecule has 0 fully saturated rings. The fraction of sp³-hybridized carbons (Fsp3) is 0.400. The van der Waals surface area contributed by atoms with Crippen LogP contribution in [0, 0.1) is 0 Å². The molecule has 0 aliphatic rings. The number of hydrogen-bond acceptors (Lipinski definition) is 5. The second kappa shape index (κ2) is 5.86. The van der Waals surface area contributed by atoms with Gasteiger partial charge >= 0.3 is 0 Å². The van der Waals surface area contributed by atoms with E-state index in [1.54, 1.807) is 23.1 Å². The summed E-state index contributed by atoms with van der Waals surface area (Å²) in [5, 5.41) is 9.13. The van der Waals surface area contributed by atoms with Gasteiger partial charge in [0, 0.05) is 17.2 Å². The summed E-state index contributed by atoms with van der Waals surface area (Å²) in [4.78, 5) is 1.24. The van der Waals surface area contributed by atoms with Crippen molar-refractivity contribution in [3.63, 3.8) is 0 Å². The monoisotopic (exact) mass is 288 g/mol. The molecule has 0 spiro atoms. The van der Waals surface area contributed by atoms with Crippen molar-refractivity contribution < 1.29 is 0 Å². The molecule has 2 heterocycles.